The summed E-state index contributed by atoms with van der Waals surface area (Å²) in [5.74, 6) is 0.718. The van der Waals surface area contributed by atoms with Crippen molar-refractivity contribution in [3.05, 3.63) is 54.2 Å². The fraction of sp³-hybridized carbons (Fsp3) is 0.0625. The van der Waals surface area contributed by atoms with Crippen molar-refractivity contribution in [2.75, 3.05) is 12.4 Å². The molecule has 0 atom stereocenters. The van der Waals surface area contributed by atoms with Crippen LogP contribution >= 0.6 is 11.6 Å². The van der Waals surface area contributed by atoms with Crippen LogP contribution in [0.5, 0.6) is 0 Å². The van der Waals surface area contributed by atoms with Crippen LogP contribution in [0, 0.1) is 0 Å². The molecule has 0 aliphatic rings. The first-order chi connectivity index (χ1) is 10.8. The van der Waals surface area contributed by atoms with Gasteiger partial charge in [0.15, 0.2) is 0 Å². The van der Waals surface area contributed by atoms with Gasteiger partial charge < -0.3 is 14.5 Å². The van der Waals surface area contributed by atoms with Crippen molar-refractivity contribution in [3.8, 4) is 22.4 Å². The fourth-order valence-corrected chi connectivity index (χ4v) is 2.14. The molecule has 2 aromatic heterocycles. The van der Waals surface area contributed by atoms with E-state index < -0.39 is 0 Å². The first-order valence-electron chi connectivity index (χ1n) is 6.39. The number of carbonyl (C=O) groups is 1. The number of hydrogen-bond acceptors (Lipinski definition) is 5. The molecule has 0 bridgehead atoms. The van der Waals surface area contributed by atoms with E-state index in [1.807, 2.05) is 31.1 Å². The third kappa shape index (κ3) is 3.32. The first kappa shape index (κ1) is 15.7. The molecule has 3 aromatic rings. The Labute approximate surface area is 133 Å². The zero-order valence-corrected chi connectivity index (χ0v) is 12.7. The Bertz CT molecular complexity index is 728. The molecule has 2 heterocycles. The van der Waals surface area contributed by atoms with Crippen molar-refractivity contribution in [2.45, 2.75) is 0 Å². The molecular weight excluding hydrogens is 302 g/mol. The van der Waals surface area contributed by atoms with Crippen molar-refractivity contribution in [3.63, 3.8) is 0 Å². The van der Waals surface area contributed by atoms with Crippen LogP contribution in [0.2, 0.25) is 5.02 Å². The van der Waals surface area contributed by atoms with E-state index >= 15 is 0 Å². The summed E-state index contributed by atoms with van der Waals surface area (Å²) in [6, 6.07) is 7.69. The van der Waals surface area contributed by atoms with Crippen molar-refractivity contribution >= 4 is 24.2 Å². The molecule has 0 fully saturated rings. The maximum Gasteiger partial charge on any atom is 0.144 e. The first-order valence-corrected chi connectivity index (χ1v) is 6.77. The molecule has 0 spiro atoms. The average molecular weight is 316 g/mol. The zero-order valence-electron chi connectivity index (χ0n) is 11.9. The largest absolute Gasteiger partial charge is 0.472 e. The molecule has 22 heavy (non-hydrogen) atoms. The number of carbonyl (C=O) groups excluding carboxylic acids is 1. The van der Waals surface area contributed by atoms with Crippen LogP contribution in [0.3, 0.4) is 0 Å². The van der Waals surface area contributed by atoms with E-state index in [-0.39, 0.29) is 0 Å². The number of furan rings is 1. The molecule has 1 N–H and O–H groups in total. The van der Waals surface area contributed by atoms with E-state index in [0.717, 1.165) is 28.2 Å². The number of hydrogen-bond donors (Lipinski definition) is 1. The molecule has 0 saturated carbocycles. The van der Waals surface area contributed by atoms with E-state index in [0.29, 0.717) is 5.02 Å². The molecule has 3 rings (SSSR count). The number of nitrogens with one attached hydrogen (secondary N) is 1. The van der Waals surface area contributed by atoms with E-state index in [2.05, 4.69) is 15.3 Å². The lowest BCUT2D eigenvalue weighted by molar-refractivity contribution is -0.0979. The molecule has 6 heteroatoms. The summed E-state index contributed by atoms with van der Waals surface area (Å²) in [7, 11) is 1.80. The molecule has 1 aromatic carbocycles. The number of nitrogens with zero attached hydrogens (tertiary/aromatic N) is 2. The minimum atomic E-state index is 0.642. The van der Waals surface area contributed by atoms with Gasteiger partial charge >= 0.3 is 0 Å². The molecule has 112 valence electrons. The average Bonchev–Trinajstić information content (AvgIpc) is 3.12. The van der Waals surface area contributed by atoms with Gasteiger partial charge in [-0.05, 0) is 23.8 Å². The van der Waals surface area contributed by atoms with Gasteiger partial charge in [0.25, 0.3) is 0 Å². The van der Waals surface area contributed by atoms with E-state index in [1.54, 1.807) is 32.0 Å². The Hall–Kier alpha value is -2.66. The smallest absolute Gasteiger partial charge is 0.144 e. The maximum atomic E-state index is 8.00. The lowest BCUT2D eigenvalue weighted by Gasteiger charge is -2.07. The number of benzene rings is 1. The van der Waals surface area contributed by atoms with Crippen LogP contribution < -0.4 is 5.32 Å². The Morgan fingerprint density at radius 1 is 1.14 bits per heavy atom. The summed E-state index contributed by atoms with van der Waals surface area (Å²) in [5, 5.41) is 3.58. The number of aromatic nitrogens is 2. The number of anilines is 1. The van der Waals surface area contributed by atoms with Gasteiger partial charge in [0.05, 0.1) is 35.6 Å². The molecule has 0 saturated heterocycles. The summed E-state index contributed by atoms with van der Waals surface area (Å²) in [6.07, 6.45) is 6.72. The highest BCUT2D eigenvalue weighted by Crippen LogP contribution is 2.31. The minimum absolute atomic E-state index is 0.642. The van der Waals surface area contributed by atoms with Gasteiger partial charge in [-0.2, -0.15) is 0 Å². The van der Waals surface area contributed by atoms with Gasteiger partial charge in [-0.3, -0.25) is 4.98 Å². The second-order valence-corrected chi connectivity index (χ2v) is 4.65. The minimum Gasteiger partial charge on any atom is -0.472 e. The highest BCUT2D eigenvalue weighted by atomic mass is 35.5. The van der Waals surface area contributed by atoms with Crippen LogP contribution in [0.15, 0.2) is 53.6 Å². The Kier molecular flexibility index (Phi) is 5.27. The molecule has 0 aliphatic heterocycles. The molecule has 0 aliphatic carbocycles. The second kappa shape index (κ2) is 7.38. The Balaban J connectivity index is 0.000000847. The van der Waals surface area contributed by atoms with E-state index in [4.69, 9.17) is 20.8 Å². The predicted molar refractivity (Wildman–Crippen MR) is 86.8 cm³/mol. The van der Waals surface area contributed by atoms with Gasteiger partial charge in [-0.1, -0.05) is 17.7 Å². The molecule has 0 radical (unpaired) electrons. The van der Waals surface area contributed by atoms with E-state index in [1.165, 1.54) is 0 Å². The lowest BCUT2D eigenvalue weighted by Crippen LogP contribution is -1.94. The van der Waals surface area contributed by atoms with Gasteiger partial charge in [-0.15, -0.1) is 0 Å². The van der Waals surface area contributed by atoms with Crippen LogP contribution in [-0.4, -0.2) is 23.8 Å². The molecular formula is C16H14ClN3O2. The number of rotatable bonds is 3. The van der Waals surface area contributed by atoms with Crippen molar-refractivity contribution in [2.24, 2.45) is 0 Å². The van der Waals surface area contributed by atoms with Crippen molar-refractivity contribution in [1.82, 2.24) is 9.97 Å². The third-order valence-corrected chi connectivity index (χ3v) is 3.33. The van der Waals surface area contributed by atoms with Gasteiger partial charge in [0.1, 0.15) is 12.6 Å². The highest BCUT2D eigenvalue weighted by molar-refractivity contribution is 6.33. The quantitative estimate of drug-likeness (QED) is 0.793. The fourth-order valence-electron chi connectivity index (χ4n) is 1.93. The molecule has 5 nitrogen and oxygen atoms in total. The summed E-state index contributed by atoms with van der Waals surface area (Å²) in [6.45, 7) is 2.00. The lowest BCUT2D eigenvalue weighted by atomic mass is 10.0. The molecule has 0 unspecified atom stereocenters. The van der Waals surface area contributed by atoms with Crippen molar-refractivity contribution in [1.29, 1.82) is 0 Å². The van der Waals surface area contributed by atoms with Crippen LogP contribution in [-0.2, 0) is 4.79 Å². The predicted octanol–water partition coefficient (Wildman–Crippen LogP) is 3.91. The Morgan fingerprint density at radius 3 is 2.55 bits per heavy atom. The Morgan fingerprint density at radius 2 is 1.95 bits per heavy atom. The summed E-state index contributed by atoms with van der Waals surface area (Å²) in [4.78, 5) is 16.6. The van der Waals surface area contributed by atoms with Crippen LogP contribution in [0.1, 0.15) is 0 Å². The van der Waals surface area contributed by atoms with Gasteiger partial charge in [0, 0.05) is 18.2 Å². The van der Waals surface area contributed by atoms with Gasteiger partial charge in [0.2, 0.25) is 0 Å². The van der Waals surface area contributed by atoms with Gasteiger partial charge in [-0.25, -0.2) is 4.98 Å². The SMILES string of the molecule is C=O.CNc1cnc(-c2cc(-c3ccoc3)ccc2Cl)cn1. The summed E-state index contributed by atoms with van der Waals surface area (Å²) >= 11 is 6.26. The standard InChI is InChI=1S/C15H12ClN3O.CH2O/c1-17-15-8-18-14(7-19-15)12-6-10(2-3-13(12)16)11-4-5-20-9-11;1-2/h2-9H,1H3,(H,17,19);1H2. The third-order valence-electron chi connectivity index (χ3n) is 3.00. The van der Waals surface area contributed by atoms with Crippen LogP contribution in [0.4, 0.5) is 5.82 Å². The topological polar surface area (TPSA) is 68.0 Å². The number of halogens is 1. The van der Waals surface area contributed by atoms with E-state index in [9.17, 15) is 0 Å². The maximum absolute atomic E-state index is 8.00. The monoisotopic (exact) mass is 315 g/mol. The van der Waals surface area contributed by atoms with Crippen molar-refractivity contribution < 1.29 is 9.21 Å². The molecule has 0 amide bonds. The summed E-state index contributed by atoms with van der Waals surface area (Å²) < 4.78 is 5.11. The van der Waals surface area contributed by atoms with Crippen LogP contribution in [0.25, 0.3) is 22.4 Å². The normalized spacial score (nSPS) is 9.73. The highest BCUT2D eigenvalue weighted by Gasteiger charge is 2.08. The summed E-state index contributed by atoms with van der Waals surface area (Å²) in [5.41, 5.74) is 3.61. The zero-order chi connectivity index (χ0) is 15.9. The second-order valence-electron chi connectivity index (χ2n) is 4.24.